The molecule has 0 aromatic rings. The van der Waals surface area contributed by atoms with Crippen molar-refractivity contribution in [2.24, 2.45) is 11.8 Å². The number of hydrogen-bond donors (Lipinski definition) is 1. The third-order valence-corrected chi connectivity index (χ3v) is 5.80. The Labute approximate surface area is 140 Å². The first-order valence-electron chi connectivity index (χ1n) is 9.57. The number of amides is 2. The Morgan fingerprint density at radius 1 is 1.09 bits per heavy atom. The van der Waals surface area contributed by atoms with Crippen LogP contribution in [-0.2, 0) is 4.74 Å². The van der Waals surface area contributed by atoms with Gasteiger partial charge in [0, 0.05) is 32.8 Å². The van der Waals surface area contributed by atoms with Gasteiger partial charge in [-0.3, -0.25) is 0 Å². The van der Waals surface area contributed by atoms with Gasteiger partial charge in [0.2, 0.25) is 0 Å². The summed E-state index contributed by atoms with van der Waals surface area (Å²) in [6, 6.07) is 0.103. The third-order valence-electron chi connectivity index (χ3n) is 5.80. The number of rotatable bonds is 4. The Morgan fingerprint density at radius 2 is 1.83 bits per heavy atom. The molecular formula is C18H33N3O2. The fraction of sp³-hybridized carbons (Fsp3) is 0.944. The number of nitrogens with zero attached hydrogens (tertiary/aromatic N) is 2. The number of carbonyl (C=O) groups excluding carboxylic acids is 1. The topological polar surface area (TPSA) is 44.8 Å². The first kappa shape index (κ1) is 17.0. The van der Waals surface area contributed by atoms with Crippen LogP contribution >= 0.6 is 0 Å². The molecule has 0 bridgehead atoms. The van der Waals surface area contributed by atoms with E-state index in [2.05, 4.69) is 17.1 Å². The van der Waals surface area contributed by atoms with E-state index in [4.69, 9.17) is 4.74 Å². The lowest BCUT2D eigenvalue weighted by Gasteiger charge is -2.37. The van der Waals surface area contributed by atoms with E-state index < -0.39 is 0 Å². The van der Waals surface area contributed by atoms with Crippen LogP contribution in [0.2, 0.25) is 0 Å². The van der Waals surface area contributed by atoms with Crippen LogP contribution in [0, 0.1) is 11.8 Å². The van der Waals surface area contributed by atoms with Crippen molar-refractivity contribution in [2.75, 3.05) is 45.9 Å². The minimum Gasteiger partial charge on any atom is -0.376 e. The molecule has 3 aliphatic heterocycles. The van der Waals surface area contributed by atoms with Crippen molar-refractivity contribution in [1.29, 1.82) is 0 Å². The molecule has 5 heteroatoms. The highest BCUT2D eigenvalue weighted by Gasteiger charge is 2.26. The fourth-order valence-electron chi connectivity index (χ4n) is 4.05. The average molecular weight is 323 g/mol. The van der Waals surface area contributed by atoms with Crippen molar-refractivity contribution in [3.05, 3.63) is 0 Å². The minimum absolute atomic E-state index is 0.103. The molecular weight excluding hydrogens is 290 g/mol. The highest BCUT2D eigenvalue weighted by molar-refractivity contribution is 5.74. The monoisotopic (exact) mass is 323 g/mol. The molecule has 1 atom stereocenters. The van der Waals surface area contributed by atoms with E-state index in [1.165, 1.54) is 32.5 Å². The van der Waals surface area contributed by atoms with Crippen LogP contribution in [-0.4, -0.2) is 67.8 Å². The van der Waals surface area contributed by atoms with Gasteiger partial charge in [-0.05, 0) is 63.5 Å². The smallest absolute Gasteiger partial charge is 0.317 e. The second-order valence-electron chi connectivity index (χ2n) is 7.73. The van der Waals surface area contributed by atoms with E-state index in [1.807, 2.05) is 4.90 Å². The zero-order valence-corrected chi connectivity index (χ0v) is 14.6. The largest absolute Gasteiger partial charge is 0.376 e. The molecule has 1 unspecified atom stereocenters. The summed E-state index contributed by atoms with van der Waals surface area (Å²) in [5.41, 5.74) is 0. The Hall–Kier alpha value is -0.810. The second kappa shape index (κ2) is 8.34. The van der Waals surface area contributed by atoms with Crippen LogP contribution in [0.4, 0.5) is 4.79 Å². The number of ether oxygens (including phenoxy) is 1. The highest BCUT2D eigenvalue weighted by Crippen LogP contribution is 2.22. The van der Waals surface area contributed by atoms with Gasteiger partial charge in [-0.25, -0.2) is 4.79 Å². The predicted molar refractivity (Wildman–Crippen MR) is 91.5 cm³/mol. The molecule has 23 heavy (non-hydrogen) atoms. The van der Waals surface area contributed by atoms with E-state index in [9.17, 15) is 4.79 Å². The zero-order chi connectivity index (χ0) is 16.1. The van der Waals surface area contributed by atoms with Gasteiger partial charge in [0.25, 0.3) is 0 Å². The molecule has 0 spiro atoms. The quantitative estimate of drug-likeness (QED) is 0.863. The Kier molecular flexibility index (Phi) is 6.17. The summed E-state index contributed by atoms with van der Waals surface area (Å²) >= 11 is 0. The highest BCUT2D eigenvalue weighted by atomic mass is 16.5. The Balaban J connectivity index is 1.32. The molecule has 3 fully saturated rings. The van der Waals surface area contributed by atoms with Gasteiger partial charge in [0.1, 0.15) is 0 Å². The third kappa shape index (κ3) is 5.08. The van der Waals surface area contributed by atoms with Crippen LogP contribution in [0.5, 0.6) is 0 Å². The van der Waals surface area contributed by atoms with Crippen LogP contribution < -0.4 is 5.32 Å². The number of likely N-dealkylation sites (tertiary alicyclic amines) is 2. The van der Waals surface area contributed by atoms with Crippen LogP contribution in [0.25, 0.3) is 0 Å². The second-order valence-corrected chi connectivity index (χ2v) is 7.73. The molecule has 2 amide bonds. The molecule has 1 N–H and O–H groups in total. The van der Waals surface area contributed by atoms with Crippen LogP contribution in [0.3, 0.4) is 0 Å². The first-order valence-corrected chi connectivity index (χ1v) is 9.57. The molecule has 3 aliphatic rings. The molecule has 0 aromatic carbocycles. The van der Waals surface area contributed by atoms with Crippen molar-refractivity contribution in [2.45, 2.75) is 51.6 Å². The van der Waals surface area contributed by atoms with Crippen molar-refractivity contribution >= 4 is 6.03 Å². The van der Waals surface area contributed by atoms with Gasteiger partial charge < -0.3 is 19.9 Å². The van der Waals surface area contributed by atoms with Gasteiger partial charge in [0.15, 0.2) is 0 Å². The predicted octanol–water partition coefficient (Wildman–Crippen LogP) is 2.32. The molecule has 3 heterocycles. The SMILES string of the molecule is CC1CCN(CC2CCN(C(=O)NCC3CCCO3)CC2)CC1. The maximum Gasteiger partial charge on any atom is 0.317 e. The Morgan fingerprint density at radius 3 is 2.48 bits per heavy atom. The molecule has 0 saturated carbocycles. The summed E-state index contributed by atoms with van der Waals surface area (Å²) in [4.78, 5) is 16.9. The molecule has 3 rings (SSSR count). The van der Waals surface area contributed by atoms with Crippen molar-refractivity contribution < 1.29 is 9.53 Å². The van der Waals surface area contributed by atoms with Gasteiger partial charge in [-0.1, -0.05) is 6.92 Å². The molecule has 5 nitrogen and oxygen atoms in total. The average Bonchev–Trinajstić information content (AvgIpc) is 3.09. The number of hydrogen-bond acceptors (Lipinski definition) is 3. The van der Waals surface area contributed by atoms with E-state index in [-0.39, 0.29) is 12.1 Å². The normalized spacial score (nSPS) is 28.2. The summed E-state index contributed by atoms with van der Waals surface area (Å²) in [6.07, 6.45) is 7.45. The van der Waals surface area contributed by atoms with Gasteiger partial charge in [-0.2, -0.15) is 0 Å². The Bertz CT molecular complexity index is 368. The minimum atomic E-state index is 0.103. The van der Waals surface area contributed by atoms with Crippen molar-refractivity contribution in [1.82, 2.24) is 15.1 Å². The first-order chi connectivity index (χ1) is 11.2. The van der Waals surface area contributed by atoms with E-state index in [1.54, 1.807) is 0 Å². The van der Waals surface area contributed by atoms with Gasteiger partial charge in [-0.15, -0.1) is 0 Å². The summed E-state index contributed by atoms with van der Waals surface area (Å²) in [5, 5.41) is 3.05. The van der Waals surface area contributed by atoms with Crippen molar-refractivity contribution in [3.63, 3.8) is 0 Å². The number of piperidine rings is 2. The molecule has 0 aromatic heterocycles. The molecule has 0 aliphatic carbocycles. The van der Waals surface area contributed by atoms with E-state index >= 15 is 0 Å². The summed E-state index contributed by atoms with van der Waals surface area (Å²) < 4.78 is 5.56. The number of urea groups is 1. The maximum atomic E-state index is 12.2. The van der Waals surface area contributed by atoms with Gasteiger partial charge >= 0.3 is 6.03 Å². The number of carbonyl (C=O) groups is 1. The van der Waals surface area contributed by atoms with Crippen molar-refractivity contribution in [3.8, 4) is 0 Å². The van der Waals surface area contributed by atoms with Crippen LogP contribution in [0.1, 0.15) is 45.4 Å². The van der Waals surface area contributed by atoms with E-state index in [0.29, 0.717) is 6.54 Å². The summed E-state index contributed by atoms with van der Waals surface area (Å²) in [5.74, 6) is 1.67. The van der Waals surface area contributed by atoms with Gasteiger partial charge in [0.05, 0.1) is 6.10 Å². The lowest BCUT2D eigenvalue weighted by Crippen LogP contribution is -2.47. The fourth-order valence-corrected chi connectivity index (χ4v) is 4.05. The van der Waals surface area contributed by atoms with Crippen LogP contribution in [0.15, 0.2) is 0 Å². The standard InChI is InChI=1S/C18H33N3O2/c1-15-4-8-20(9-5-15)14-16-6-10-21(11-7-16)18(22)19-13-17-3-2-12-23-17/h15-17H,2-14H2,1H3,(H,19,22). The molecule has 132 valence electrons. The lowest BCUT2D eigenvalue weighted by atomic mass is 9.93. The number of nitrogens with one attached hydrogen (secondary N) is 1. The molecule has 3 saturated heterocycles. The summed E-state index contributed by atoms with van der Waals surface area (Å²) in [7, 11) is 0. The molecule has 0 radical (unpaired) electrons. The lowest BCUT2D eigenvalue weighted by molar-refractivity contribution is 0.104. The van der Waals surface area contributed by atoms with E-state index in [0.717, 1.165) is 57.2 Å². The summed E-state index contributed by atoms with van der Waals surface area (Å²) in [6.45, 7) is 9.47. The maximum absolute atomic E-state index is 12.2. The zero-order valence-electron chi connectivity index (χ0n) is 14.6.